The Bertz CT molecular complexity index is 2320. The van der Waals surface area contributed by atoms with Gasteiger partial charge in [0.2, 0.25) is 0 Å². The van der Waals surface area contributed by atoms with Gasteiger partial charge in [-0.05, 0) is 152 Å². The van der Waals surface area contributed by atoms with Crippen LogP contribution in [0.4, 0.5) is 0 Å². The van der Waals surface area contributed by atoms with Crippen LogP contribution in [0, 0.1) is 41.4 Å². The molecule has 8 nitrogen and oxygen atoms in total. The molecule has 1 aliphatic heterocycles. The molecule has 0 amide bonds. The highest BCUT2D eigenvalue weighted by atomic mass is 16.5. The predicted octanol–water partition coefficient (Wildman–Crippen LogP) is 10.7. The SMILES string of the molecule is COC[C@@H]1[C@H]2c3c(O)c(OC4CCCC4)cc(CCC(=O)/C=C/CCC4CCCC4)c3C#CC[C@H]3C[C@H]1C=C1[C@@H](C[C@H](C)C[C@H]12)c1cc(O)cc(c1)Cc1cccc(c1)CN=C(N)N3. The molecule has 5 aliphatic carbocycles. The molecule has 1 heterocycles. The molecule has 8 bridgehead atoms. The van der Waals surface area contributed by atoms with Crippen LogP contribution < -0.4 is 15.8 Å². The van der Waals surface area contributed by atoms with Crippen molar-refractivity contribution in [1.29, 1.82) is 0 Å². The van der Waals surface area contributed by atoms with Gasteiger partial charge in [-0.25, -0.2) is 4.99 Å². The van der Waals surface area contributed by atoms with Crippen molar-refractivity contribution in [3.63, 3.8) is 0 Å². The molecule has 9 rings (SSSR count). The number of rotatable bonds is 11. The largest absolute Gasteiger partial charge is 0.508 e. The molecule has 0 spiro atoms. The Morgan fingerprint density at radius 1 is 0.984 bits per heavy atom. The summed E-state index contributed by atoms with van der Waals surface area (Å²) in [4.78, 5) is 18.4. The molecule has 3 aromatic carbocycles. The number of phenols is 2. The maximum absolute atomic E-state index is 13.6. The van der Waals surface area contributed by atoms with Gasteiger partial charge in [0.1, 0.15) is 5.75 Å². The van der Waals surface area contributed by atoms with E-state index in [4.69, 9.17) is 20.2 Å². The lowest BCUT2D eigenvalue weighted by molar-refractivity contribution is -0.114. The third kappa shape index (κ3) is 10.1. The number of ether oxygens (including phenoxy) is 2. The van der Waals surface area contributed by atoms with Crippen molar-refractivity contribution < 1.29 is 24.5 Å². The van der Waals surface area contributed by atoms with Crippen LogP contribution in [0.1, 0.15) is 154 Å². The summed E-state index contributed by atoms with van der Waals surface area (Å²) >= 11 is 0. The van der Waals surface area contributed by atoms with Crippen LogP contribution in [0.3, 0.4) is 0 Å². The highest BCUT2D eigenvalue weighted by Crippen LogP contribution is 2.59. The number of aromatic hydroxyl groups is 2. The molecule has 3 fully saturated rings. The lowest BCUT2D eigenvalue weighted by Crippen LogP contribution is -2.45. The number of ketones is 1. The highest BCUT2D eigenvalue weighted by molar-refractivity contribution is 5.89. The van der Waals surface area contributed by atoms with Crippen molar-refractivity contribution in [3.8, 4) is 29.1 Å². The number of nitrogens with zero attached hydrogens (tertiary/aromatic N) is 1. The van der Waals surface area contributed by atoms with Crippen LogP contribution in [-0.4, -0.2) is 47.8 Å². The number of fused-ring (bicyclic) bond motifs is 10. The number of aryl methyl sites for hydroxylation is 1. The molecule has 0 radical (unpaired) electrons. The molecule has 6 aliphatic rings. The number of allylic oxidation sites excluding steroid dienone is 4. The second kappa shape index (κ2) is 20.0. The monoisotopic (exact) mass is 864 g/mol. The van der Waals surface area contributed by atoms with Crippen molar-refractivity contribution in [3.05, 3.63) is 111 Å². The van der Waals surface area contributed by atoms with E-state index in [0.717, 1.165) is 103 Å². The topological polar surface area (TPSA) is 126 Å². The van der Waals surface area contributed by atoms with Gasteiger partial charge in [0, 0.05) is 49.0 Å². The first-order valence-electron chi connectivity index (χ1n) is 24.6. The van der Waals surface area contributed by atoms with E-state index in [1.165, 1.54) is 31.3 Å². The minimum atomic E-state index is -0.151. The molecular formula is C56H69N3O5. The van der Waals surface area contributed by atoms with Gasteiger partial charge in [-0.2, -0.15) is 0 Å². The van der Waals surface area contributed by atoms with Crippen molar-refractivity contribution in [1.82, 2.24) is 5.32 Å². The lowest BCUT2D eigenvalue weighted by Gasteiger charge is -2.50. The Balaban J connectivity index is 1.18. The number of benzene rings is 3. The fourth-order valence-electron chi connectivity index (χ4n) is 12.5. The number of aliphatic imine (C=N–C) groups is 1. The number of phenolic OH excluding ortho intramolecular Hbond substituents is 2. The summed E-state index contributed by atoms with van der Waals surface area (Å²) in [6.07, 6.45) is 22.7. The zero-order valence-electron chi connectivity index (χ0n) is 38.1. The van der Waals surface area contributed by atoms with Crippen molar-refractivity contribution >= 4 is 11.7 Å². The van der Waals surface area contributed by atoms with Gasteiger partial charge in [-0.3, -0.25) is 4.79 Å². The number of carbonyl (C=O) groups excluding carboxylic acids is 1. The van der Waals surface area contributed by atoms with Crippen molar-refractivity contribution in [2.75, 3.05) is 13.7 Å². The van der Waals surface area contributed by atoms with Crippen molar-refractivity contribution in [2.45, 2.75) is 147 Å². The smallest absolute Gasteiger partial charge is 0.189 e. The minimum Gasteiger partial charge on any atom is -0.508 e. The highest BCUT2D eigenvalue weighted by Gasteiger charge is 2.48. The van der Waals surface area contributed by atoms with Gasteiger partial charge >= 0.3 is 0 Å². The number of carbonyl (C=O) groups is 1. The van der Waals surface area contributed by atoms with E-state index in [9.17, 15) is 15.0 Å². The van der Waals surface area contributed by atoms with Gasteiger partial charge in [-0.1, -0.05) is 92.5 Å². The van der Waals surface area contributed by atoms with Gasteiger partial charge in [0.05, 0.1) is 19.3 Å². The first-order chi connectivity index (χ1) is 31.2. The second-order valence-electron chi connectivity index (χ2n) is 20.2. The normalized spacial score (nSPS) is 26.9. The number of nitrogens with two attached hydrogens (primary N) is 1. The molecule has 7 atom stereocenters. The number of hydrogen-bond acceptors (Lipinski definition) is 8. The zero-order valence-corrected chi connectivity index (χ0v) is 38.1. The van der Waals surface area contributed by atoms with E-state index in [0.29, 0.717) is 56.5 Å². The maximum atomic E-state index is 13.6. The molecule has 0 unspecified atom stereocenters. The third-order valence-electron chi connectivity index (χ3n) is 15.5. The summed E-state index contributed by atoms with van der Waals surface area (Å²) in [5, 5.41) is 27.8. The standard InChI is InChI=1S/C56H69N3O5/c1-35-23-48-41-27-39(28-45(61)30-41)26-37-14-9-15-38(25-37)33-58-56(57)59-43-16-10-20-47-40(21-22-44(60)17-6-5-13-36-11-3-4-12-36)32-52(64-46-18-7-8-19-46)55(62)54(47)53-50(24-35)49(48)31-42(29-43)51(53)34-63-2/h6,9,14-15,17,25,27-28,30-32,35-36,42-43,46,48,50-51,53,61-62H,3-5,7-8,11-13,16,18-19,21-24,26,29,33-34H2,1-2H3,(H3,57,58,59)/b17-6+/t35-,42-,43-,48-,50+,51-,53-/m0/s1. The third-order valence-corrected chi connectivity index (χ3v) is 15.5. The lowest BCUT2D eigenvalue weighted by atomic mass is 9.55. The van der Waals surface area contributed by atoms with E-state index in [-0.39, 0.29) is 59.0 Å². The zero-order chi connectivity index (χ0) is 44.2. The first-order valence-corrected chi connectivity index (χ1v) is 24.6. The summed E-state index contributed by atoms with van der Waals surface area (Å²) in [5.74, 6) is 9.92. The maximum Gasteiger partial charge on any atom is 0.189 e. The van der Waals surface area contributed by atoms with Crippen LogP contribution in [0.2, 0.25) is 0 Å². The quantitative estimate of drug-likeness (QED) is 0.0859. The molecule has 3 saturated carbocycles. The average molecular weight is 864 g/mol. The summed E-state index contributed by atoms with van der Waals surface area (Å²) in [6.45, 7) is 3.29. The molecule has 338 valence electrons. The summed E-state index contributed by atoms with van der Waals surface area (Å²) in [7, 11) is 1.79. The van der Waals surface area contributed by atoms with Crippen LogP contribution in [0.5, 0.6) is 17.2 Å². The minimum absolute atomic E-state index is 0.000903. The first kappa shape index (κ1) is 44.2. The fraction of sp³-hybridized carbons (Fsp3) is 0.536. The Labute approximate surface area is 381 Å². The Hall–Kier alpha value is -5.00. The van der Waals surface area contributed by atoms with Crippen molar-refractivity contribution in [2.24, 2.45) is 40.3 Å². The van der Waals surface area contributed by atoms with Gasteiger partial charge < -0.3 is 30.7 Å². The number of nitrogens with one attached hydrogen (secondary N) is 1. The molecule has 0 saturated heterocycles. The van der Waals surface area contributed by atoms with E-state index in [1.807, 2.05) is 18.2 Å². The predicted molar refractivity (Wildman–Crippen MR) is 255 cm³/mol. The Morgan fingerprint density at radius 3 is 2.62 bits per heavy atom. The fourth-order valence-corrected chi connectivity index (χ4v) is 12.5. The van der Waals surface area contributed by atoms with Crippen LogP contribution in [0.25, 0.3) is 0 Å². The molecule has 5 N–H and O–H groups in total. The number of methoxy groups -OCH3 is 1. The van der Waals surface area contributed by atoms with Crippen LogP contribution in [-0.2, 0) is 28.9 Å². The van der Waals surface area contributed by atoms with E-state index < -0.39 is 0 Å². The van der Waals surface area contributed by atoms with Gasteiger partial charge in [0.15, 0.2) is 23.2 Å². The molecule has 0 aromatic heterocycles. The molecule has 64 heavy (non-hydrogen) atoms. The molecule has 3 aromatic rings. The Morgan fingerprint density at radius 2 is 1.80 bits per heavy atom. The Kier molecular flexibility index (Phi) is 13.8. The summed E-state index contributed by atoms with van der Waals surface area (Å²) < 4.78 is 13.0. The summed E-state index contributed by atoms with van der Waals surface area (Å²) in [5.41, 5.74) is 15.2. The number of hydrogen-bond donors (Lipinski definition) is 4. The van der Waals surface area contributed by atoms with E-state index >= 15 is 0 Å². The molecule has 8 heteroatoms. The number of guanidine groups is 1. The average Bonchev–Trinajstić information content (AvgIpc) is 4.00. The molecular weight excluding hydrogens is 795 g/mol. The van der Waals surface area contributed by atoms with E-state index in [2.05, 4.69) is 66.6 Å². The van der Waals surface area contributed by atoms with E-state index in [1.54, 1.807) is 13.2 Å². The van der Waals surface area contributed by atoms with Gasteiger partial charge in [0.25, 0.3) is 0 Å². The second-order valence-corrected chi connectivity index (χ2v) is 20.2. The summed E-state index contributed by atoms with van der Waals surface area (Å²) in [6, 6.07) is 16.6. The van der Waals surface area contributed by atoms with Gasteiger partial charge in [-0.15, -0.1) is 0 Å². The van der Waals surface area contributed by atoms with Crippen LogP contribution in [0.15, 0.2) is 77.3 Å². The van der Waals surface area contributed by atoms with Crippen LogP contribution >= 0.6 is 0 Å².